The molecular weight excluding hydrogens is 378 g/mol. The van der Waals surface area contributed by atoms with Gasteiger partial charge in [0.05, 0.1) is 5.69 Å². The third-order valence-electron chi connectivity index (χ3n) is 5.75. The predicted molar refractivity (Wildman–Crippen MR) is 109 cm³/mol. The number of imide groups is 1. The van der Waals surface area contributed by atoms with E-state index >= 15 is 0 Å². The van der Waals surface area contributed by atoms with E-state index in [9.17, 15) is 9.59 Å². The number of hydrogen-bond donors (Lipinski definition) is 0. The van der Waals surface area contributed by atoms with Gasteiger partial charge in [-0.15, -0.1) is 0 Å². The van der Waals surface area contributed by atoms with Gasteiger partial charge in [-0.2, -0.15) is 0 Å². The molecule has 2 atom stereocenters. The number of fused-ring (bicyclic) bond motifs is 3. The minimum absolute atomic E-state index is 0.190. The van der Waals surface area contributed by atoms with Crippen LogP contribution < -0.4 is 4.90 Å². The van der Waals surface area contributed by atoms with Crippen molar-refractivity contribution in [3.05, 3.63) is 40.2 Å². The van der Waals surface area contributed by atoms with Crippen LogP contribution in [0.4, 0.5) is 10.5 Å². The summed E-state index contributed by atoms with van der Waals surface area (Å²) in [6.45, 7) is 8.31. The lowest BCUT2D eigenvalue weighted by Gasteiger charge is -2.40. The van der Waals surface area contributed by atoms with Gasteiger partial charge in [-0.1, -0.05) is 24.6 Å². The van der Waals surface area contributed by atoms with E-state index in [1.54, 1.807) is 11.9 Å². The maximum Gasteiger partial charge on any atom is 0.328 e. The van der Waals surface area contributed by atoms with Crippen molar-refractivity contribution in [3.63, 3.8) is 0 Å². The Morgan fingerprint density at radius 3 is 2.50 bits per heavy atom. The van der Waals surface area contributed by atoms with Crippen molar-refractivity contribution in [1.82, 2.24) is 14.7 Å². The molecule has 8 heteroatoms. The van der Waals surface area contributed by atoms with Crippen molar-refractivity contribution in [3.8, 4) is 0 Å². The predicted octanol–water partition coefficient (Wildman–Crippen LogP) is 3.39. The highest BCUT2D eigenvalue weighted by Crippen LogP contribution is 2.40. The number of nitrogens with zero attached hydrogens (tertiary/aromatic N) is 5. The first kappa shape index (κ1) is 18.8. The van der Waals surface area contributed by atoms with Gasteiger partial charge in [0.1, 0.15) is 0 Å². The zero-order valence-corrected chi connectivity index (χ0v) is 17.5. The van der Waals surface area contributed by atoms with Crippen molar-refractivity contribution >= 4 is 35.2 Å². The van der Waals surface area contributed by atoms with Gasteiger partial charge in [0.2, 0.25) is 5.96 Å². The second kappa shape index (κ2) is 6.51. The third kappa shape index (κ3) is 2.45. The number of rotatable bonds is 3. The number of anilines is 1. The standard InChI is InChI=1S/C20H24ClN5O2/c1-6-9-24-18(27)16-17(23(5)20(24)28)22-19-25(12(3)13(4)26(16)19)14-8-7-11(2)15(21)10-14/h7-8,10,16-17H,6,9H2,1-5H3. The molecule has 0 saturated carbocycles. The van der Waals surface area contributed by atoms with E-state index in [2.05, 4.69) is 0 Å². The Morgan fingerprint density at radius 1 is 1.14 bits per heavy atom. The van der Waals surface area contributed by atoms with Gasteiger partial charge >= 0.3 is 6.03 Å². The van der Waals surface area contributed by atoms with Crippen LogP contribution in [0.25, 0.3) is 0 Å². The molecular formula is C20H24ClN5O2. The summed E-state index contributed by atoms with van der Waals surface area (Å²) in [7, 11) is 1.71. The van der Waals surface area contributed by atoms with Crippen LogP contribution in [0.2, 0.25) is 5.02 Å². The second-order valence-corrected chi connectivity index (χ2v) is 7.89. The summed E-state index contributed by atoms with van der Waals surface area (Å²) in [4.78, 5) is 37.5. The lowest BCUT2D eigenvalue weighted by atomic mass is 10.1. The number of likely N-dealkylation sites (N-methyl/N-ethyl adjacent to an activating group) is 1. The highest BCUT2D eigenvalue weighted by Gasteiger charge is 2.55. The summed E-state index contributed by atoms with van der Waals surface area (Å²) in [6, 6.07) is 5.04. The number of urea groups is 1. The van der Waals surface area contributed by atoms with E-state index in [0.29, 0.717) is 17.5 Å². The highest BCUT2D eigenvalue weighted by molar-refractivity contribution is 6.31. The summed E-state index contributed by atoms with van der Waals surface area (Å²) < 4.78 is 0. The molecule has 1 aromatic rings. The number of aliphatic imine (C=N–C) groups is 1. The molecule has 3 amide bonds. The van der Waals surface area contributed by atoms with E-state index in [0.717, 1.165) is 29.1 Å². The van der Waals surface area contributed by atoms with Gasteiger partial charge in [0, 0.05) is 30.0 Å². The Morgan fingerprint density at radius 2 is 1.86 bits per heavy atom. The van der Waals surface area contributed by atoms with Crippen molar-refractivity contribution in [2.45, 2.75) is 46.3 Å². The summed E-state index contributed by atoms with van der Waals surface area (Å²) >= 11 is 6.35. The molecule has 7 nitrogen and oxygen atoms in total. The second-order valence-electron chi connectivity index (χ2n) is 7.48. The number of carbonyl (C=O) groups is 2. The lowest BCUT2D eigenvalue weighted by molar-refractivity contribution is -0.136. The molecule has 0 spiro atoms. The fraction of sp³-hybridized carbons (Fsp3) is 0.450. The van der Waals surface area contributed by atoms with E-state index in [4.69, 9.17) is 16.6 Å². The number of amides is 3. The number of carbonyl (C=O) groups excluding carboxylic acids is 2. The van der Waals surface area contributed by atoms with Crippen LogP contribution in [-0.4, -0.2) is 58.4 Å². The molecule has 0 radical (unpaired) electrons. The molecule has 2 unspecified atom stereocenters. The Bertz CT molecular complexity index is 941. The fourth-order valence-corrected chi connectivity index (χ4v) is 4.25. The Balaban J connectivity index is 1.78. The normalized spacial score (nSPS) is 24.3. The summed E-state index contributed by atoms with van der Waals surface area (Å²) in [6.07, 6.45) is 0.188. The molecule has 28 heavy (non-hydrogen) atoms. The maximum absolute atomic E-state index is 13.2. The molecule has 1 saturated heterocycles. The van der Waals surface area contributed by atoms with Crippen LogP contribution in [-0.2, 0) is 4.79 Å². The summed E-state index contributed by atoms with van der Waals surface area (Å²) in [5.41, 5.74) is 3.83. The molecule has 0 N–H and O–H groups in total. The monoisotopic (exact) mass is 401 g/mol. The number of aryl methyl sites for hydroxylation is 1. The first-order valence-electron chi connectivity index (χ1n) is 9.46. The van der Waals surface area contributed by atoms with Crippen molar-refractivity contribution < 1.29 is 9.59 Å². The van der Waals surface area contributed by atoms with Gasteiger partial charge in [-0.3, -0.25) is 19.5 Å². The topological polar surface area (TPSA) is 59.5 Å². The van der Waals surface area contributed by atoms with Gasteiger partial charge < -0.3 is 4.90 Å². The molecule has 3 aliphatic heterocycles. The van der Waals surface area contributed by atoms with Crippen LogP contribution in [0.3, 0.4) is 0 Å². The molecule has 0 aliphatic carbocycles. The zero-order valence-electron chi connectivity index (χ0n) is 16.7. The van der Waals surface area contributed by atoms with E-state index in [1.165, 1.54) is 4.90 Å². The summed E-state index contributed by atoms with van der Waals surface area (Å²) in [5.74, 6) is 0.473. The van der Waals surface area contributed by atoms with E-state index in [-0.39, 0.29) is 11.9 Å². The SMILES string of the molecule is CCCN1C(=O)C2C(N=C3N(c4ccc(C)c(Cl)c4)C(C)=C(C)N32)N(C)C1=O. The van der Waals surface area contributed by atoms with Gasteiger partial charge in [-0.25, -0.2) is 9.79 Å². The molecule has 0 aromatic heterocycles. The van der Waals surface area contributed by atoms with Crippen LogP contribution in [0.5, 0.6) is 0 Å². The highest BCUT2D eigenvalue weighted by atomic mass is 35.5. The van der Waals surface area contributed by atoms with Crippen molar-refractivity contribution in [2.24, 2.45) is 4.99 Å². The Labute approximate surface area is 169 Å². The minimum atomic E-state index is -0.537. The van der Waals surface area contributed by atoms with Gasteiger partial charge in [-0.05, 0) is 44.9 Å². The van der Waals surface area contributed by atoms with Crippen LogP contribution in [0, 0.1) is 6.92 Å². The first-order chi connectivity index (χ1) is 13.3. The van der Waals surface area contributed by atoms with Crippen LogP contribution >= 0.6 is 11.6 Å². The molecule has 3 aliphatic rings. The maximum atomic E-state index is 13.2. The first-order valence-corrected chi connectivity index (χ1v) is 9.84. The number of guanidine groups is 1. The lowest BCUT2D eigenvalue weighted by Crippen LogP contribution is -2.64. The van der Waals surface area contributed by atoms with Crippen molar-refractivity contribution in [1.29, 1.82) is 0 Å². The van der Waals surface area contributed by atoms with Crippen LogP contribution in [0.15, 0.2) is 34.6 Å². The average molecular weight is 402 g/mol. The smallest absolute Gasteiger partial charge is 0.302 e. The largest absolute Gasteiger partial charge is 0.328 e. The molecule has 3 heterocycles. The Hall–Kier alpha value is -2.54. The van der Waals surface area contributed by atoms with Crippen LogP contribution in [0.1, 0.15) is 32.8 Å². The molecule has 0 bridgehead atoms. The quantitative estimate of drug-likeness (QED) is 0.778. The Kier molecular flexibility index (Phi) is 4.38. The average Bonchev–Trinajstić information content (AvgIpc) is 3.16. The molecule has 148 valence electrons. The zero-order chi connectivity index (χ0) is 20.3. The minimum Gasteiger partial charge on any atom is -0.302 e. The molecule has 4 rings (SSSR count). The molecule has 1 aromatic carbocycles. The van der Waals surface area contributed by atoms with E-state index < -0.39 is 12.2 Å². The van der Waals surface area contributed by atoms with Gasteiger partial charge in [0.25, 0.3) is 5.91 Å². The number of allylic oxidation sites excluding steroid dienone is 2. The third-order valence-corrected chi connectivity index (χ3v) is 6.16. The molecule has 1 fully saturated rings. The summed E-state index contributed by atoms with van der Waals surface area (Å²) in [5, 5.41) is 0.676. The van der Waals surface area contributed by atoms with E-state index in [1.807, 2.05) is 55.7 Å². The number of halogens is 1. The van der Waals surface area contributed by atoms with Crippen molar-refractivity contribution in [2.75, 3.05) is 18.5 Å². The fourth-order valence-electron chi connectivity index (χ4n) is 4.07. The number of hydrogen-bond acceptors (Lipinski definition) is 5. The van der Waals surface area contributed by atoms with Gasteiger partial charge in [0.15, 0.2) is 12.2 Å². The number of benzene rings is 1.